The summed E-state index contributed by atoms with van der Waals surface area (Å²) in [6.45, 7) is 0. The molecule has 0 spiro atoms. The third-order valence-corrected chi connectivity index (χ3v) is 3.19. The molecule has 0 fully saturated rings. The van der Waals surface area contributed by atoms with Gasteiger partial charge in [-0.15, -0.1) is 0 Å². The minimum absolute atomic E-state index is 0.0583. The van der Waals surface area contributed by atoms with Crippen molar-refractivity contribution in [1.82, 2.24) is 9.97 Å². The second-order valence-corrected chi connectivity index (χ2v) is 4.63. The minimum atomic E-state index is -0.557. The summed E-state index contributed by atoms with van der Waals surface area (Å²) in [5.41, 5.74) is 11.0. The van der Waals surface area contributed by atoms with Crippen LogP contribution in [0.1, 0.15) is 0 Å². The Morgan fingerprint density at radius 3 is 2.74 bits per heavy atom. The summed E-state index contributed by atoms with van der Waals surface area (Å²) in [5.74, 6) is -0.403. The van der Waals surface area contributed by atoms with Gasteiger partial charge in [0, 0.05) is 22.7 Å². The SMILES string of the molecule is COc1cc(Sc2nc(N)cc(=O)[nH]2)c(N)cc1F. The molecule has 0 radical (unpaired) electrons. The third kappa shape index (κ3) is 2.97. The zero-order valence-electron chi connectivity index (χ0n) is 9.94. The van der Waals surface area contributed by atoms with Crippen LogP contribution < -0.4 is 21.8 Å². The largest absolute Gasteiger partial charge is 0.494 e. The van der Waals surface area contributed by atoms with Crippen molar-refractivity contribution >= 4 is 23.3 Å². The summed E-state index contributed by atoms with van der Waals surface area (Å²) in [6.07, 6.45) is 0. The predicted molar refractivity (Wildman–Crippen MR) is 70.8 cm³/mol. The summed E-state index contributed by atoms with van der Waals surface area (Å²) >= 11 is 1.06. The Hall–Kier alpha value is -2.22. The van der Waals surface area contributed by atoms with Gasteiger partial charge >= 0.3 is 0 Å². The van der Waals surface area contributed by atoms with E-state index in [2.05, 4.69) is 9.97 Å². The number of anilines is 2. The van der Waals surface area contributed by atoms with Gasteiger partial charge in [0.1, 0.15) is 5.82 Å². The van der Waals surface area contributed by atoms with Crippen LogP contribution in [0.3, 0.4) is 0 Å². The molecular formula is C11H11FN4O2S. The van der Waals surface area contributed by atoms with Gasteiger partial charge in [0.2, 0.25) is 0 Å². The Kier molecular flexibility index (Phi) is 3.61. The lowest BCUT2D eigenvalue weighted by molar-refractivity contribution is 0.385. The lowest BCUT2D eigenvalue weighted by Gasteiger charge is -2.08. The number of halogens is 1. The third-order valence-electron chi connectivity index (χ3n) is 2.23. The molecule has 19 heavy (non-hydrogen) atoms. The van der Waals surface area contributed by atoms with Crippen molar-refractivity contribution < 1.29 is 9.13 Å². The van der Waals surface area contributed by atoms with Crippen molar-refractivity contribution in [2.24, 2.45) is 0 Å². The number of nitrogens with zero attached hydrogens (tertiary/aromatic N) is 1. The zero-order valence-corrected chi connectivity index (χ0v) is 10.8. The standard InChI is InChI=1S/C11H11FN4O2S/c1-18-7-3-8(6(13)2-5(7)12)19-11-15-9(14)4-10(17)16-11/h2-4H,13H2,1H3,(H3,14,15,16,17). The van der Waals surface area contributed by atoms with Crippen LogP contribution in [0.25, 0.3) is 0 Å². The number of rotatable bonds is 3. The van der Waals surface area contributed by atoms with E-state index in [0.29, 0.717) is 4.90 Å². The van der Waals surface area contributed by atoms with E-state index in [-0.39, 0.29) is 28.0 Å². The number of aromatic nitrogens is 2. The van der Waals surface area contributed by atoms with E-state index in [1.165, 1.54) is 19.2 Å². The van der Waals surface area contributed by atoms with Crippen LogP contribution in [-0.4, -0.2) is 17.1 Å². The molecule has 0 aliphatic rings. The first-order valence-electron chi connectivity index (χ1n) is 5.17. The highest BCUT2D eigenvalue weighted by Crippen LogP contribution is 2.34. The molecule has 0 atom stereocenters. The summed E-state index contributed by atoms with van der Waals surface area (Å²) < 4.78 is 18.3. The highest BCUT2D eigenvalue weighted by Gasteiger charge is 2.11. The summed E-state index contributed by atoms with van der Waals surface area (Å²) in [7, 11) is 1.35. The van der Waals surface area contributed by atoms with Crippen LogP contribution >= 0.6 is 11.8 Å². The van der Waals surface area contributed by atoms with E-state index in [1.54, 1.807) is 0 Å². The number of methoxy groups -OCH3 is 1. The number of benzene rings is 1. The number of nitrogens with two attached hydrogens (primary N) is 2. The van der Waals surface area contributed by atoms with E-state index < -0.39 is 5.82 Å². The number of H-pyrrole nitrogens is 1. The van der Waals surface area contributed by atoms with Crippen molar-refractivity contribution in [1.29, 1.82) is 0 Å². The fourth-order valence-corrected chi connectivity index (χ4v) is 2.25. The van der Waals surface area contributed by atoms with Crippen LogP contribution in [0.5, 0.6) is 5.75 Å². The molecule has 6 nitrogen and oxygen atoms in total. The molecule has 0 unspecified atom stereocenters. The van der Waals surface area contributed by atoms with Gasteiger partial charge in [-0.25, -0.2) is 9.37 Å². The molecule has 0 aliphatic carbocycles. The molecule has 0 amide bonds. The molecule has 8 heteroatoms. The first-order chi connectivity index (χ1) is 8.99. The van der Waals surface area contributed by atoms with Crippen LogP contribution in [0.2, 0.25) is 0 Å². The van der Waals surface area contributed by atoms with Gasteiger partial charge in [-0.1, -0.05) is 0 Å². The van der Waals surface area contributed by atoms with Crippen molar-refractivity contribution in [3.8, 4) is 5.75 Å². The van der Waals surface area contributed by atoms with Gasteiger partial charge in [-0.05, 0) is 17.8 Å². The first kappa shape index (κ1) is 13.2. The van der Waals surface area contributed by atoms with Crippen molar-refractivity contribution in [2.75, 3.05) is 18.6 Å². The van der Waals surface area contributed by atoms with Gasteiger partial charge in [0.15, 0.2) is 16.7 Å². The van der Waals surface area contributed by atoms with Crippen LogP contribution in [0, 0.1) is 5.82 Å². The molecule has 1 aromatic heterocycles. The fraction of sp³-hybridized carbons (Fsp3) is 0.0909. The summed E-state index contributed by atoms with van der Waals surface area (Å²) in [5, 5.41) is 0.269. The van der Waals surface area contributed by atoms with E-state index in [9.17, 15) is 9.18 Å². The molecule has 1 heterocycles. The Morgan fingerprint density at radius 1 is 1.37 bits per heavy atom. The van der Waals surface area contributed by atoms with Crippen LogP contribution in [-0.2, 0) is 0 Å². The highest BCUT2D eigenvalue weighted by molar-refractivity contribution is 7.99. The molecule has 1 aromatic carbocycles. The monoisotopic (exact) mass is 282 g/mol. The molecule has 5 N–H and O–H groups in total. The first-order valence-corrected chi connectivity index (χ1v) is 5.99. The summed E-state index contributed by atoms with van der Waals surface area (Å²) in [4.78, 5) is 18.2. The predicted octanol–water partition coefficient (Wildman–Crippen LogP) is 1.23. The quantitative estimate of drug-likeness (QED) is 0.577. The molecule has 0 saturated heterocycles. The maximum Gasteiger partial charge on any atom is 0.253 e. The maximum absolute atomic E-state index is 13.4. The number of hydrogen-bond donors (Lipinski definition) is 3. The van der Waals surface area contributed by atoms with Crippen LogP contribution in [0.4, 0.5) is 15.9 Å². The number of ether oxygens (including phenoxy) is 1. The van der Waals surface area contributed by atoms with Gasteiger partial charge in [-0.3, -0.25) is 4.79 Å². The smallest absolute Gasteiger partial charge is 0.253 e. The number of hydrogen-bond acceptors (Lipinski definition) is 6. The minimum Gasteiger partial charge on any atom is -0.494 e. The average molecular weight is 282 g/mol. The highest BCUT2D eigenvalue weighted by atomic mass is 32.2. The Bertz CT molecular complexity index is 674. The van der Waals surface area contributed by atoms with Crippen molar-refractivity contribution in [3.63, 3.8) is 0 Å². The van der Waals surface area contributed by atoms with Gasteiger partial charge in [-0.2, -0.15) is 0 Å². The van der Waals surface area contributed by atoms with Crippen molar-refractivity contribution in [2.45, 2.75) is 10.1 Å². The lowest BCUT2D eigenvalue weighted by Crippen LogP contribution is -2.09. The molecular weight excluding hydrogens is 271 g/mol. The lowest BCUT2D eigenvalue weighted by atomic mass is 10.3. The molecule has 0 saturated carbocycles. The Balaban J connectivity index is 2.40. The van der Waals surface area contributed by atoms with E-state index in [1.807, 2.05) is 0 Å². The molecule has 2 aromatic rings. The van der Waals surface area contributed by atoms with E-state index in [0.717, 1.165) is 17.8 Å². The normalized spacial score (nSPS) is 10.4. The fourth-order valence-electron chi connectivity index (χ4n) is 1.40. The van der Waals surface area contributed by atoms with E-state index >= 15 is 0 Å². The van der Waals surface area contributed by atoms with Gasteiger partial charge in [0.05, 0.1) is 7.11 Å². The molecule has 2 rings (SSSR count). The van der Waals surface area contributed by atoms with Crippen LogP contribution in [0.15, 0.2) is 33.0 Å². The van der Waals surface area contributed by atoms with E-state index in [4.69, 9.17) is 16.2 Å². The summed E-state index contributed by atoms with van der Waals surface area (Å²) in [6, 6.07) is 3.74. The van der Waals surface area contributed by atoms with Crippen molar-refractivity contribution in [3.05, 3.63) is 34.4 Å². The second kappa shape index (κ2) is 5.19. The Labute approximate surface area is 112 Å². The molecule has 0 bridgehead atoms. The average Bonchev–Trinajstić information content (AvgIpc) is 2.31. The number of nitrogens with one attached hydrogen (secondary N) is 1. The number of aromatic amines is 1. The second-order valence-electron chi connectivity index (χ2n) is 3.60. The molecule has 100 valence electrons. The van der Waals surface area contributed by atoms with Gasteiger partial charge in [0.25, 0.3) is 5.56 Å². The topological polar surface area (TPSA) is 107 Å². The maximum atomic E-state index is 13.4. The molecule has 0 aliphatic heterocycles. The van der Waals surface area contributed by atoms with Gasteiger partial charge < -0.3 is 21.2 Å². The number of nitrogen functional groups attached to an aromatic ring is 2. The Morgan fingerprint density at radius 2 is 2.11 bits per heavy atom. The zero-order chi connectivity index (χ0) is 14.0.